The molecule has 31 heavy (non-hydrogen) atoms. The highest BCUT2D eigenvalue weighted by Gasteiger charge is 2.36. The van der Waals surface area contributed by atoms with Crippen LogP contribution in [0.15, 0.2) is 78.3 Å². The molecule has 0 fully saturated rings. The second kappa shape index (κ2) is 7.16. The molecule has 0 amide bonds. The maximum absolute atomic E-state index is 13.5. The van der Waals surface area contributed by atoms with Crippen LogP contribution in [0.25, 0.3) is 0 Å². The third kappa shape index (κ3) is 3.11. The van der Waals surface area contributed by atoms with Gasteiger partial charge in [0, 0.05) is 30.1 Å². The van der Waals surface area contributed by atoms with Gasteiger partial charge in [-0.05, 0) is 53.8 Å². The average molecular weight is 411 g/mol. The van der Waals surface area contributed by atoms with Gasteiger partial charge in [0.25, 0.3) is 0 Å². The van der Waals surface area contributed by atoms with Crippen molar-refractivity contribution in [1.29, 1.82) is 0 Å². The first kappa shape index (κ1) is 18.0. The molecule has 2 aliphatic heterocycles. The second-order valence-electron chi connectivity index (χ2n) is 8.07. The van der Waals surface area contributed by atoms with Crippen LogP contribution in [-0.4, -0.2) is 17.6 Å². The van der Waals surface area contributed by atoms with Gasteiger partial charge in [-0.3, -0.25) is 9.78 Å². The zero-order valence-electron chi connectivity index (χ0n) is 16.8. The number of hydrogen-bond donors (Lipinski definition) is 2. The van der Waals surface area contributed by atoms with E-state index < -0.39 is 0 Å². The minimum absolute atomic E-state index is 0.0769. The van der Waals surface area contributed by atoms with Gasteiger partial charge >= 0.3 is 0 Å². The fourth-order valence-corrected chi connectivity index (χ4v) is 4.69. The molecule has 0 spiro atoms. The summed E-state index contributed by atoms with van der Waals surface area (Å²) < 4.78 is 11.0. The van der Waals surface area contributed by atoms with Crippen LogP contribution in [-0.2, 0) is 4.79 Å². The highest BCUT2D eigenvalue weighted by molar-refractivity contribution is 6.01. The molecule has 3 aromatic rings. The third-order valence-electron chi connectivity index (χ3n) is 6.19. The molecule has 1 aromatic heterocycles. The number of hydrogen-bond acceptors (Lipinski definition) is 6. The van der Waals surface area contributed by atoms with E-state index in [1.165, 1.54) is 0 Å². The van der Waals surface area contributed by atoms with Gasteiger partial charge in [-0.25, -0.2) is 0 Å². The van der Waals surface area contributed by atoms with Gasteiger partial charge < -0.3 is 20.1 Å². The van der Waals surface area contributed by atoms with Gasteiger partial charge in [-0.1, -0.05) is 24.3 Å². The number of aromatic nitrogens is 1. The molecule has 6 rings (SSSR count). The molecule has 0 radical (unpaired) electrons. The number of pyridine rings is 1. The predicted molar refractivity (Wildman–Crippen MR) is 117 cm³/mol. The summed E-state index contributed by atoms with van der Waals surface area (Å²) in [6, 6.07) is 17.7. The Morgan fingerprint density at radius 3 is 2.65 bits per heavy atom. The lowest BCUT2D eigenvalue weighted by Gasteiger charge is -2.29. The highest BCUT2D eigenvalue weighted by Crippen LogP contribution is 2.45. The fraction of sp³-hybridized carbons (Fsp3) is 0.200. The molecule has 1 aliphatic carbocycles. The van der Waals surface area contributed by atoms with Crippen LogP contribution in [0, 0.1) is 0 Å². The Hall–Kier alpha value is -3.80. The average Bonchev–Trinajstić information content (AvgIpc) is 3.20. The molecule has 2 N–H and O–H groups in total. The van der Waals surface area contributed by atoms with Crippen LogP contribution in [0.5, 0.6) is 11.5 Å². The maximum Gasteiger partial charge on any atom is 0.231 e. The number of fused-ring (bicyclic) bond motifs is 2. The summed E-state index contributed by atoms with van der Waals surface area (Å²) in [5.74, 6) is 1.73. The van der Waals surface area contributed by atoms with Crippen molar-refractivity contribution in [1.82, 2.24) is 4.98 Å². The molecule has 0 saturated heterocycles. The number of carbonyl (C=O) groups excluding carboxylic acids is 1. The summed E-state index contributed by atoms with van der Waals surface area (Å²) in [7, 11) is 0. The van der Waals surface area contributed by atoms with Crippen molar-refractivity contribution in [3.05, 3.63) is 89.4 Å². The molecule has 3 aliphatic rings. The van der Waals surface area contributed by atoms with Crippen molar-refractivity contribution >= 4 is 17.2 Å². The lowest BCUT2D eigenvalue weighted by Crippen LogP contribution is -2.26. The first-order chi connectivity index (χ1) is 15.3. The number of allylic oxidation sites excluding steroid dienone is 1. The van der Waals surface area contributed by atoms with Crippen molar-refractivity contribution in [3.8, 4) is 11.5 Å². The molecule has 2 unspecified atom stereocenters. The lowest BCUT2D eigenvalue weighted by molar-refractivity contribution is -0.116. The number of benzene rings is 2. The van der Waals surface area contributed by atoms with Crippen molar-refractivity contribution in [2.24, 2.45) is 0 Å². The van der Waals surface area contributed by atoms with Crippen molar-refractivity contribution in [2.75, 3.05) is 17.4 Å². The molecular weight excluding hydrogens is 390 g/mol. The standard InChI is InChI=1S/C25H21N3O3/c29-21-11-17(15-7-8-22-23(12-15)31-14-30-22)10-20-24(21)25(16-4-3-9-26-13-16)28-19-6-2-1-5-18(19)27-20/h1-9,12-13,17,25,27-28H,10-11,14H2. The zero-order chi connectivity index (χ0) is 20.8. The predicted octanol–water partition coefficient (Wildman–Crippen LogP) is 4.79. The van der Waals surface area contributed by atoms with Crippen LogP contribution < -0.4 is 20.1 Å². The van der Waals surface area contributed by atoms with Gasteiger partial charge in [0.05, 0.1) is 17.4 Å². The Morgan fingerprint density at radius 2 is 1.77 bits per heavy atom. The van der Waals surface area contributed by atoms with Gasteiger partial charge in [-0.2, -0.15) is 0 Å². The Morgan fingerprint density at radius 1 is 0.903 bits per heavy atom. The minimum atomic E-state index is -0.245. The van der Waals surface area contributed by atoms with E-state index in [1.54, 1.807) is 6.20 Å². The first-order valence-corrected chi connectivity index (χ1v) is 10.4. The number of nitrogens with one attached hydrogen (secondary N) is 2. The molecule has 0 saturated carbocycles. The van der Waals surface area contributed by atoms with Crippen LogP contribution in [0.1, 0.15) is 35.9 Å². The van der Waals surface area contributed by atoms with Crippen molar-refractivity contribution in [2.45, 2.75) is 24.8 Å². The van der Waals surface area contributed by atoms with Crippen molar-refractivity contribution < 1.29 is 14.3 Å². The SMILES string of the molecule is O=C1CC(c2ccc3c(c2)OCO3)CC2=C1C(c1cccnc1)Nc1ccccc1N2. The van der Waals surface area contributed by atoms with Crippen LogP contribution in [0.4, 0.5) is 11.4 Å². The zero-order valence-corrected chi connectivity index (χ0v) is 16.8. The number of Topliss-reactive ketones (excluding diaryl/α,β-unsaturated/α-hetero) is 1. The number of nitrogens with zero attached hydrogens (tertiary/aromatic N) is 1. The number of ether oxygens (including phenoxy) is 2. The summed E-state index contributed by atoms with van der Waals surface area (Å²) in [5.41, 5.74) is 5.77. The van der Waals surface area contributed by atoms with E-state index in [4.69, 9.17) is 9.47 Å². The van der Waals surface area contributed by atoms with Crippen molar-refractivity contribution in [3.63, 3.8) is 0 Å². The van der Waals surface area contributed by atoms with E-state index in [0.717, 1.165) is 51.7 Å². The van der Waals surface area contributed by atoms with E-state index in [-0.39, 0.29) is 24.5 Å². The molecule has 6 heteroatoms. The Kier molecular flexibility index (Phi) is 4.16. The molecule has 2 atom stereocenters. The largest absolute Gasteiger partial charge is 0.454 e. The third-order valence-corrected chi connectivity index (χ3v) is 6.19. The maximum atomic E-state index is 13.5. The van der Waals surface area contributed by atoms with Gasteiger partial charge in [0.1, 0.15) is 0 Å². The van der Waals surface area contributed by atoms with Gasteiger partial charge in [0.2, 0.25) is 6.79 Å². The van der Waals surface area contributed by atoms with Gasteiger partial charge in [-0.15, -0.1) is 0 Å². The summed E-state index contributed by atoms with van der Waals surface area (Å²) in [5, 5.41) is 7.14. The van der Waals surface area contributed by atoms with Gasteiger partial charge in [0.15, 0.2) is 17.3 Å². The summed E-state index contributed by atoms with van der Waals surface area (Å²) in [6.45, 7) is 0.245. The van der Waals surface area contributed by atoms with E-state index in [2.05, 4.69) is 15.6 Å². The number of rotatable bonds is 2. The number of para-hydroxylation sites is 2. The molecule has 2 aromatic carbocycles. The fourth-order valence-electron chi connectivity index (χ4n) is 4.69. The van der Waals surface area contributed by atoms with Crippen LogP contribution in [0.2, 0.25) is 0 Å². The molecular formula is C25H21N3O3. The Bertz CT molecular complexity index is 1210. The smallest absolute Gasteiger partial charge is 0.231 e. The van der Waals surface area contributed by atoms with Crippen LogP contribution in [0.3, 0.4) is 0 Å². The highest BCUT2D eigenvalue weighted by atomic mass is 16.7. The quantitative estimate of drug-likeness (QED) is 0.632. The van der Waals surface area contributed by atoms with E-state index in [1.807, 2.05) is 60.8 Å². The molecule has 154 valence electrons. The summed E-state index contributed by atoms with van der Waals surface area (Å²) in [4.78, 5) is 17.8. The lowest BCUT2D eigenvalue weighted by atomic mass is 9.78. The second-order valence-corrected chi connectivity index (χ2v) is 8.07. The topological polar surface area (TPSA) is 72.5 Å². The van der Waals surface area contributed by atoms with E-state index >= 15 is 0 Å². The number of carbonyl (C=O) groups is 1. The minimum Gasteiger partial charge on any atom is -0.454 e. The summed E-state index contributed by atoms with van der Waals surface area (Å²) in [6.07, 6.45) is 4.77. The molecule has 0 bridgehead atoms. The Labute approximate surface area is 179 Å². The molecule has 6 nitrogen and oxygen atoms in total. The number of anilines is 2. The molecule has 3 heterocycles. The summed E-state index contributed by atoms with van der Waals surface area (Å²) >= 11 is 0. The normalized spacial score (nSPS) is 21.5. The van der Waals surface area contributed by atoms with E-state index in [9.17, 15) is 4.79 Å². The number of ketones is 1. The van der Waals surface area contributed by atoms with Crippen LogP contribution >= 0.6 is 0 Å². The first-order valence-electron chi connectivity index (χ1n) is 10.4. The monoisotopic (exact) mass is 411 g/mol. The Balaban J connectivity index is 1.43. The van der Waals surface area contributed by atoms with E-state index in [0.29, 0.717) is 6.42 Å².